The number of halogens is 1. The lowest BCUT2D eigenvalue weighted by Crippen LogP contribution is -2.41. The zero-order chi connectivity index (χ0) is 14.7. The summed E-state index contributed by atoms with van der Waals surface area (Å²) in [7, 11) is 0. The Morgan fingerprint density at radius 2 is 2.10 bits per heavy atom. The second-order valence-electron chi connectivity index (χ2n) is 5.54. The van der Waals surface area contributed by atoms with Gasteiger partial charge in [0.2, 0.25) is 0 Å². The van der Waals surface area contributed by atoms with Gasteiger partial charge in [0.15, 0.2) is 5.96 Å². The summed E-state index contributed by atoms with van der Waals surface area (Å²) in [4.78, 5) is 9.74. The van der Waals surface area contributed by atoms with Gasteiger partial charge >= 0.3 is 0 Å². The first kappa shape index (κ1) is 13.9. The standard InChI is InChI=1S/C16H21FN4/c17-13-4-5-14-12(11-20-15(14)10-13)6-7-19-16(18)21-8-2-1-3-9-21/h4-5,10-11,20H,1-3,6-9H2,(H2,18,19). The number of nitrogens with zero attached hydrogens (tertiary/aromatic N) is 2. The minimum Gasteiger partial charge on any atom is -0.370 e. The molecule has 0 aliphatic carbocycles. The molecule has 0 amide bonds. The van der Waals surface area contributed by atoms with Crippen LogP contribution >= 0.6 is 0 Å². The Kier molecular flexibility index (Phi) is 4.08. The van der Waals surface area contributed by atoms with E-state index in [1.165, 1.54) is 31.4 Å². The number of aromatic nitrogens is 1. The number of nitrogens with two attached hydrogens (primary N) is 1. The summed E-state index contributed by atoms with van der Waals surface area (Å²) in [5, 5.41) is 1.06. The zero-order valence-electron chi connectivity index (χ0n) is 12.1. The average Bonchev–Trinajstić information content (AvgIpc) is 2.90. The van der Waals surface area contributed by atoms with E-state index in [1.807, 2.05) is 12.3 Å². The molecule has 0 spiro atoms. The average molecular weight is 288 g/mol. The molecule has 4 nitrogen and oxygen atoms in total. The molecular formula is C16H21FN4. The predicted molar refractivity (Wildman–Crippen MR) is 83.9 cm³/mol. The van der Waals surface area contributed by atoms with Crippen LogP contribution in [-0.4, -0.2) is 35.5 Å². The van der Waals surface area contributed by atoms with Crippen LogP contribution in [0.25, 0.3) is 10.9 Å². The number of guanidine groups is 1. The first-order valence-electron chi connectivity index (χ1n) is 7.54. The van der Waals surface area contributed by atoms with Gasteiger partial charge in [-0.05, 0) is 49.4 Å². The molecule has 0 unspecified atom stereocenters. The van der Waals surface area contributed by atoms with Crippen LogP contribution in [-0.2, 0) is 6.42 Å². The topological polar surface area (TPSA) is 57.4 Å². The van der Waals surface area contributed by atoms with E-state index in [0.29, 0.717) is 12.5 Å². The van der Waals surface area contributed by atoms with Gasteiger partial charge in [-0.25, -0.2) is 4.39 Å². The molecule has 1 saturated heterocycles. The van der Waals surface area contributed by atoms with Crippen molar-refractivity contribution in [2.45, 2.75) is 25.7 Å². The molecule has 0 saturated carbocycles. The van der Waals surface area contributed by atoms with Gasteiger partial charge in [-0.3, -0.25) is 4.99 Å². The summed E-state index contributed by atoms with van der Waals surface area (Å²) in [6, 6.07) is 4.82. The number of hydrogen-bond donors (Lipinski definition) is 2. The summed E-state index contributed by atoms with van der Waals surface area (Å²) in [5.74, 6) is 0.434. The quantitative estimate of drug-likeness (QED) is 0.674. The lowest BCUT2D eigenvalue weighted by molar-refractivity contribution is 0.338. The van der Waals surface area contributed by atoms with Crippen LogP contribution in [0, 0.1) is 5.82 Å². The van der Waals surface area contributed by atoms with Crippen LogP contribution < -0.4 is 5.73 Å². The lowest BCUT2D eigenvalue weighted by Gasteiger charge is -2.27. The summed E-state index contributed by atoms with van der Waals surface area (Å²) in [6.07, 6.45) is 6.42. The molecule has 0 radical (unpaired) electrons. The number of piperidine rings is 1. The van der Waals surface area contributed by atoms with Crippen LogP contribution in [0.5, 0.6) is 0 Å². The number of H-pyrrole nitrogens is 1. The van der Waals surface area contributed by atoms with Gasteiger partial charge in [0.05, 0.1) is 0 Å². The number of fused-ring (bicyclic) bond motifs is 1. The Morgan fingerprint density at radius 1 is 1.29 bits per heavy atom. The Bertz CT molecular complexity index is 641. The van der Waals surface area contributed by atoms with Crippen LogP contribution in [0.4, 0.5) is 4.39 Å². The van der Waals surface area contributed by atoms with Crippen molar-refractivity contribution < 1.29 is 4.39 Å². The van der Waals surface area contributed by atoms with Crippen LogP contribution in [0.3, 0.4) is 0 Å². The molecule has 3 rings (SSSR count). The molecule has 3 N–H and O–H groups in total. The van der Waals surface area contributed by atoms with Gasteiger partial charge in [0.25, 0.3) is 0 Å². The van der Waals surface area contributed by atoms with E-state index >= 15 is 0 Å². The third kappa shape index (κ3) is 3.17. The maximum absolute atomic E-state index is 13.1. The molecule has 0 bridgehead atoms. The second kappa shape index (κ2) is 6.16. The Morgan fingerprint density at radius 3 is 2.90 bits per heavy atom. The minimum absolute atomic E-state index is 0.219. The maximum Gasteiger partial charge on any atom is 0.191 e. The van der Waals surface area contributed by atoms with Crippen molar-refractivity contribution in [3.05, 3.63) is 35.8 Å². The third-order valence-electron chi connectivity index (χ3n) is 4.06. The largest absolute Gasteiger partial charge is 0.370 e. The highest BCUT2D eigenvalue weighted by Gasteiger charge is 2.11. The summed E-state index contributed by atoms with van der Waals surface area (Å²) < 4.78 is 13.1. The van der Waals surface area contributed by atoms with Gasteiger partial charge in [0.1, 0.15) is 5.82 Å². The Balaban J connectivity index is 1.63. The predicted octanol–water partition coefficient (Wildman–Crippen LogP) is 2.65. The van der Waals surface area contributed by atoms with E-state index in [1.54, 1.807) is 0 Å². The first-order valence-corrected chi connectivity index (χ1v) is 7.54. The van der Waals surface area contributed by atoms with Crippen LogP contribution in [0.1, 0.15) is 24.8 Å². The Labute approximate surface area is 123 Å². The van der Waals surface area contributed by atoms with E-state index in [2.05, 4.69) is 14.9 Å². The normalized spacial score (nSPS) is 16.6. The molecule has 0 atom stereocenters. The summed E-state index contributed by atoms with van der Waals surface area (Å²) in [6.45, 7) is 2.69. The number of aromatic amines is 1. The van der Waals surface area contributed by atoms with Crippen LogP contribution in [0.2, 0.25) is 0 Å². The highest BCUT2D eigenvalue weighted by Crippen LogP contribution is 2.19. The van der Waals surface area contributed by atoms with E-state index < -0.39 is 0 Å². The van der Waals surface area contributed by atoms with Crippen molar-refractivity contribution in [2.75, 3.05) is 19.6 Å². The van der Waals surface area contributed by atoms with Gasteiger partial charge in [-0.2, -0.15) is 0 Å². The number of benzene rings is 1. The van der Waals surface area contributed by atoms with Crippen molar-refractivity contribution in [1.82, 2.24) is 9.88 Å². The van der Waals surface area contributed by atoms with Gasteiger partial charge < -0.3 is 15.6 Å². The monoisotopic (exact) mass is 288 g/mol. The molecular weight excluding hydrogens is 267 g/mol. The summed E-state index contributed by atoms with van der Waals surface area (Å²) in [5.41, 5.74) is 8.02. The fraction of sp³-hybridized carbons (Fsp3) is 0.438. The fourth-order valence-electron chi connectivity index (χ4n) is 2.88. The lowest BCUT2D eigenvalue weighted by atomic mass is 10.1. The maximum atomic E-state index is 13.1. The summed E-state index contributed by atoms with van der Waals surface area (Å²) >= 11 is 0. The van der Waals surface area contributed by atoms with E-state index in [-0.39, 0.29) is 5.82 Å². The van der Waals surface area contributed by atoms with Crippen molar-refractivity contribution in [2.24, 2.45) is 10.7 Å². The molecule has 2 heterocycles. The molecule has 1 aromatic carbocycles. The number of aliphatic imine (C=N–C) groups is 1. The molecule has 1 aromatic heterocycles. The van der Waals surface area contributed by atoms with E-state index in [9.17, 15) is 4.39 Å². The fourth-order valence-corrected chi connectivity index (χ4v) is 2.88. The van der Waals surface area contributed by atoms with Gasteiger partial charge in [-0.1, -0.05) is 0 Å². The highest BCUT2D eigenvalue weighted by atomic mass is 19.1. The van der Waals surface area contributed by atoms with Crippen LogP contribution in [0.15, 0.2) is 29.4 Å². The smallest absolute Gasteiger partial charge is 0.191 e. The highest BCUT2D eigenvalue weighted by molar-refractivity contribution is 5.83. The Hall–Kier alpha value is -2.04. The van der Waals surface area contributed by atoms with Gasteiger partial charge in [-0.15, -0.1) is 0 Å². The van der Waals surface area contributed by atoms with Crippen molar-refractivity contribution in [3.63, 3.8) is 0 Å². The minimum atomic E-state index is -0.219. The molecule has 112 valence electrons. The number of hydrogen-bond acceptors (Lipinski definition) is 1. The number of rotatable bonds is 3. The first-order chi connectivity index (χ1) is 10.2. The third-order valence-corrected chi connectivity index (χ3v) is 4.06. The van der Waals surface area contributed by atoms with E-state index in [4.69, 9.17) is 5.73 Å². The van der Waals surface area contributed by atoms with E-state index in [0.717, 1.165) is 36.0 Å². The number of likely N-dealkylation sites (tertiary alicyclic amines) is 1. The molecule has 5 heteroatoms. The number of nitrogens with one attached hydrogen (secondary N) is 1. The molecule has 2 aromatic rings. The second-order valence-corrected chi connectivity index (χ2v) is 5.54. The molecule has 1 aliphatic heterocycles. The molecule has 21 heavy (non-hydrogen) atoms. The van der Waals surface area contributed by atoms with Crippen molar-refractivity contribution in [1.29, 1.82) is 0 Å². The zero-order valence-corrected chi connectivity index (χ0v) is 12.1. The van der Waals surface area contributed by atoms with Crippen molar-refractivity contribution >= 4 is 16.9 Å². The molecule has 1 fully saturated rings. The molecule has 1 aliphatic rings. The SMILES string of the molecule is NC(=NCCc1c[nH]c2cc(F)ccc12)N1CCCCC1. The van der Waals surface area contributed by atoms with Gasteiger partial charge in [0, 0.05) is 36.7 Å². The van der Waals surface area contributed by atoms with Crippen molar-refractivity contribution in [3.8, 4) is 0 Å².